The van der Waals surface area contributed by atoms with Gasteiger partial charge in [-0.25, -0.2) is 0 Å². The van der Waals surface area contributed by atoms with Gasteiger partial charge in [0, 0.05) is 0 Å². The van der Waals surface area contributed by atoms with Crippen LogP contribution in [0.15, 0.2) is 54.6 Å². The van der Waals surface area contributed by atoms with E-state index in [9.17, 15) is 4.79 Å². The average Bonchev–Trinajstić information content (AvgIpc) is 2.64. The van der Waals surface area contributed by atoms with E-state index in [2.05, 4.69) is 25.2 Å². The summed E-state index contributed by atoms with van der Waals surface area (Å²) in [5.74, 6) is 1.85. The van der Waals surface area contributed by atoms with Crippen LogP contribution in [0.4, 0.5) is 0 Å². The highest BCUT2D eigenvalue weighted by Crippen LogP contribution is 2.25. The van der Waals surface area contributed by atoms with Crippen LogP contribution in [0.25, 0.3) is 0 Å². The smallest absolute Gasteiger partial charge is 0.261 e. The lowest BCUT2D eigenvalue weighted by molar-refractivity contribution is -0.128. The van der Waals surface area contributed by atoms with Gasteiger partial charge in [0.25, 0.3) is 5.91 Å². The molecule has 25 heavy (non-hydrogen) atoms. The molecule has 0 bridgehead atoms. The van der Waals surface area contributed by atoms with Crippen LogP contribution in [0.2, 0.25) is 0 Å². The first-order chi connectivity index (χ1) is 12.1. The van der Waals surface area contributed by atoms with Gasteiger partial charge in [-0.1, -0.05) is 57.2 Å². The Kier molecular flexibility index (Phi) is 7.33. The van der Waals surface area contributed by atoms with Crippen LogP contribution in [0.5, 0.6) is 11.5 Å². The van der Waals surface area contributed by atoms with E-state index in [4.69, 9.17) is 9.47 Å². The number of nitrogens with one attached hydrogen (secondary N) is 1. The molecule has 134 valence electrons. The maximum atomic E-state index is 12.3. The molecule has 1 N–H and O–H groups in total. The van der Waals surface area contributed by atoms with E-state index in [0.717, 1.165) is 5.75 Å². The number of rotatable bonds is 9. The molecule has 0 spiro atoms. The number of hydrogen-bond acceptors (Lipinski definition) is 3. The van der Waals surface area contributed by atoms with Crippen molar-refractivity contribution in [2.75, 3.05) is 13.2 Å². The summed E-state index contributed by atoms with van der Waals surface area (Å²) < 4.78 is 11.6. The molecule has 0 aliphatic heterocycles. The van der Waals surface area contributed by atoms with Crippen molar-refractivity contribution < 1.29 is 14.3 Å². The van der Waals surface area contributed by atoms with Crippen LogP contribution >= 0.6 is 0 Å². The number of ether oxygens (including phenoxy) is 2. The number of amides is 1. The molecule has 2 rings (SSSR count). The van der Waals surface area contributed by atoms with E-state index in [1.807, 2.05) is 55.5 Å². The predicted octanol–water partition coefficient (Wildman–Crippen LogP) is 4.16. The maximum absolute atomic E-state index is 12.3. The number of carbonyl (C=O) groups excluding carboxylic acids is 1. The standard InChI is InChI=1S/C21H27NO3/c1-4-19(25-17-10-6-5-7-11-17)21(23)22-14-15-24-20-13-9-8-12-18(20)16(2)3/h5-13,16,19H,4,14-15H2,1-3H3,(H,22,23)/t19-/m0/s1. The number of benzene rings is 2. The van der Waals surface area contributed by atoms with Crippen molar-refractivity contribution >= 4 is 5.91 Å². The molecule has 0 saturated carbocycles. The van der Waals surface area contributed by atoms with Gasteiger partial charge in [0.2, 0.25) is 0 Å². The summed E-state index contributed by atoms with van der Waals surface area (Å²) >= 11 is 0. The molecular weight excluding hydrogens is 314 g/mol. The van der Waals surface area contributed by atoms with Crippen LogP contribution in [0.1, 0.15) is 38.7 Å². The lowest BCUT2D eigenvalue weighted by atomic mass is 10.0. The number of carbonyl (C=O) groups is 1. The van der Waals surface area contributed by atoms with Crippen molar-refractivity contribution in [1.82, 2.24) is 5.32 Å². The summed E-state index contributed by atoms with van der Waals surface area (Å²) in [5, 5.41) is 2.88. The predicted molar refractivity (Wildman–Crippen MR) is 100 cm³/mol. The second-order valence-corrected chi connectivity index (χ2v) is 6.16. The fourth-order valence-corrected chi connectivity index (χ4v) is 2.52. The zero-order valence-corrected chi connectivity index (χ0v) is 15.2. The van der Waals surface area contributed by atoms with Crippen LogP contribution in [-0.4, -0.2) is 25.2 Å². The highest BCUT2D eigenvalue weighted by atomic mass is 16.5. The highest BCUT2D eigenvalue weighted by molar-refractivity contribution is 5.81. The van der Waals surface area contributed by atoms with Gasteiger partial charge in [0.15, 0.2) is 6.10 Å². The lowest BCUT2D eigenvalue weighted by Crippen LogP contribution is -2.39. The monoisotopic (exact) mass is 341 g/mol. The molecule has 0 aliphatic rings. The summed E-state index contributed by atoms with van der Waals surface area (Å²) in [6.07, 6.45) is 0.114. The van der Waals surface area contributed by atoms with Gasteiger partial charge in [-0.3, -0.25) is 4.79 Å². The molecule has 0 radical (unpaired) electrons. The molecule has 4 heteroatoms. The third-order valence-electron chi connectivity index (χ3n) is 3.88. The van der Waals surface area contributed by atoms with Crippen molar-refractivity contribution in [2.24, 2.45) is 0 Å². The molecule has 0 aromatic heterocycles. The van der Waals surface area contributed by atoms with E-state index in [0.29, 0.717) is 31.2 Å². The van der Waals surface area contributed by atoms with Gasteiger partial charge in [0.05, 0.1) is 6.54 Å². The number of hydrogen-bond donors (Lipinski definition) is 1. The van der Waals surface area contributed by atoms with Crippen LogP contribution in [0.3, 0.4) is 0 Å². The SMILES string of the molecule is CC[C@H](Oc1ccccc1)C(=O)NCCOc1ccccc1C(C)C. The third-order valence-corrected chi connectivity index (χ3v) is 3.88. The van der Waals surface area contributed by atoms with Crippen molar-refractivity contribution in [1.29, 1.82) is 0 Å². The van der Waals surface area contributed by atoms with Gasteiger partial charge in [-0.2, -0.15) is 0 Å². The minimum absolute atomic E-state index is 0.118. The molecule has 2 aromatic carbocycles. The van der Waals surface area contributed by atoms with Crippen molar-refractivity contribution in [2.45, 2.75) is 39.2 Å². The van der Waals surface area contributed by atoms with Gasteiger partial charge in [-0.05, 0) is 36.1 Å². The minimum atomic E-state index is -0.495. The molecule has 1 amide bonds. The van der Waals surface area contributed by atoms with E-state index in [1.54, 1.807) is 0 Å². The van der Waals surface area contributed by atoms with Crippen molar-refractivity contribution in [3.63, 3.8) is 0 Å². The van der Waals surface area contributed by atoms with E-state index in [-0.39, 0.29) is 5.91 Å². The second-order valence-electron chi connectivity index (χ2n) is 6.16. The molecule has 0 aliphatic carbocycles. The summed E-state index contributed by atoms with van der Waals surface area (Å²) in [7, 11) is 0. The zero-order chi connectivity index (χ0) is 18.1. The minimum Gasteiger partial charge on any atom is -0.491 e. The van der Waals surface area contributed by atoms with Gasteiger partial charge in [0.1, 0.15) is 18.1 Å². The number of para-hydroxylation sites is 2. The van der Waals surface area contributed by atoms with E-state index >= 15 is 0 Å². The van der Waals surface area contributed by atoms with Crippen LogP contribution in [0, 0.1) is 0 Å². The van der Waals surface area contributed by atoms with Crippen LogP contribution in [-0.2, 0) is 4.79 Å². The summed E-state index contributed by atoms with van der Waals surface area (Å²) in [6, 6.07) is 17.4. The largest absolute Gasteiger partial charge is 0.491 e. The third kappa shape index (κ3) is 5.82. The van der Waals surface area contributed by atoms with E-state index < -0.39 is 6.10 Å². The Morgan fingerprint density at radius 2 is 1.72 bits per heavy atom. The molecular formula is C21H27NO3. The Labute approximate surface area is 150 Å². The molecule has 0 saturated heterocycles. The molecule has 0 heterocycles. The molecule has 0 unspecified atom stereocenters. The average molecular weight is 341 g/mol. The topological polar surface area (TPSA) is 47.6 Å². The Hall–Kier alpha value is -2.49. The first-order valence-corrected chi connectivity index (χ1v) is 8.83. The normalized spacial score (nSPS) is 11.8. The van der Waals surface area contributed by atoms with Gasteiger partial charge >= 0.3 is 0 Å². The molecule has 2 aromatic rings. The Balaban J connectivity index is 1.79. The first kappa shape index (κ1) is 18.8. The quantitative estimate of drug-likeness (QED) is 0.697. The van der Waals surface area contributed by atoms with Crippen molar-refractivity contribution in [3.8, 4) is 11.5 Å². The zero-order valence-electron chi connectivity index (χ0n) is 15.2. The van der Waals surface area contributed by atoms with Gasteiger partial charge in [-0.15, -0.1) is 0 Å². The first-order valence-electron chi connectivity index (χ1n) is 8.83. The maximum Gasteiger partial charge on any atom is 0.261 e. The molecule has 1 atom stereocenters. The highest BCUT2D eigenvalue weighted by Gasteiger charge is 2.17. The lowest BCUT2D eigenvalue weighted by Gasteiger charge is -2.18. The van der Waals surface area contributed by atoms with Crippen LogP contribution < -0.4 is 14.8 Å². The Bertz CT molecular complexity index is 655. The molecule has 4 nitrogen and oxygen atoms in total. The van der Waals surface area contributed by atoms with Crippen molar-refractivity contribution in [3.05, 3.63) is 60.2 Å². The Morgan fingerprint density at radius 1 is 1.04 bits per heavy atom. The van der Waals surface area contributed by atoms with Gasteiger partial charge < -0.3 is 14.8 Å². The summed E-state index contributed by atoms with van der Waals surface area (Å²) in [5.41, 5.74) is 1.17. The molecule has 0 fully saturated rings. The summed E-state index contributed by atoms with van der Waals surface area (Å²) in [4.78, 5) is 12.3. The summed E-state index contributed by atoms with van der Waals surface area (Å²) in [6.45, 7) is 7.08. The Morgan fingerprint density at radius 3 is 2.40 bits per heavy atom. The van der Waals surface area contributed by atoms with E-state index in [1.165, 1.54) is 5.56 Å². The fourth-order valence-electron chi connectivity index (χ4n) is 2.52. The second kappa shape index (κ2) is 9.72. The fraction of sp³-hybridized carbons (Fsp3) is 0.381.